The van der Waals surface area contributed by atoms with Gasteiger partial charge in [0.05, 0.1) is 12.1 Å². The smallest absolute Gasteiger partial charge is 0.172 e. The number of carbonyl (C=O) groups is 2. The number of hydrogen-bond acceptors (Lipinski definition) is 6. The SMILES string of the molecule is CSCc1nc(-n2cncn2)ccc1C(=O)CC(=O)C1CC1. The minimum Gasteiger partial charge on any atom is -0.299 e. The Kier molecular flexibility index (Phi) is 4.33. The van der Waals surface area contributed by atoms with Gasteiger partial charge in [-0.15, -0.1) is 0 Å². The van der Waals surface area contributed by atoms with Gasteiger partial charge in [-0.3, -0.25) is 9.59 Å². The van der Waals surface area contributed by atoms with Crippen LogP contribution in [-0.2, 0) is 10.5 Å². The standard InChI is InChI=1S/C15H16N4O2S/c1-22-7-12-11(14(21)6-13(20)10-2-3-10)4-5-15(18-12)19-9-16-8-17-19/h4-5,8-10H,2-3,6-7H2,1H3. The fraction of sp³-hybridized carbons (Fsp3) is 0.400. The average Bonchev–Trinajstić information content (AvgIpc) is 3.22. The first kappa shape index (κ1) is 14.9. The Bertz CT molecular complexity index is 696. The summed E-state index contributed by atoms with van der Waals surface area (Å²) < 4.78 is 1.55. The van der Waals surface area contributed by atoms with Gasteiger partial charge < -0.3 is 0 Å². The minimum absolute atomic E-state index is 0.0175. The number of aromatic nitrogens is 4. The van der Waals surface area contributed by atoms with E-state index in [4.69, 9.17) is 0 Å². The zero-order valence-corrected chi connectivity index (χ0v) is 13.0. The van der Waals surface area contributed by atoms with Gasteiger partial charge in [0.2, 0.25) is 0 Å². The maximum absolute atomic E-state index is 12.4. The Morgan fingerprint density at radius 2 is 2.18 bits per heavy atom. The molecule has 1 aliphatic rings. The lowest BCUT2D eigenvalue weighted by atomic mass is 10.0. The molecule has 114 valence electrons. The van der Waals surface area contributed by atoms with Crippen molar-refractivity contribution in [3.63, 3.8) is 0 Å². The van der Waals surface area contributed by atoms with E-state index in [2.05, 4.69) is 15.1 Å². The van der Waals surface area contributed by atoms with E-state index in [-0.39, 0.29) is 23.9 Å². The molecule has 7 heteroatoms. The van der Waals surface area contributed by atoms with E-state index < -0.39 is 0 Å². The molecule has 0 amide bonds. The van der Waals surface area contributed by atoms with Crippen LogP contribution in [0.4, 0.5) is 0 Å². The van der Waals surface area contributed by atoms with Crippen molar-refractivity contribution in [2.24, 2.45) is 5.92 Å². The van der Waals surface area contributed by atoms with Crippen LogP contribution >= 0.6 is 11.8 Å². The first-order chi connectivity index (χ1) is 10.7. The van der Waals surface area contributed by atoms with Crippen LogP contribution in [0.3, 0.4) is 0 Å². The summed E-state index contributed by atoms with van der Waals surface area (Å²) in [6.45, 7) is 0. The van der Waals surface area contributed by atoms with Gasteiger partial charge in [0.15, 0.2) is 11.6 Å². The largest absolute Gasteiger partial charge is 0.299 e. The number of pyridine rings is 1. The molecular formula is C15H16N4O2S. The third kappa shape index (κ3) is 3.24. The number of nitrogens with zero attached hydrogens (tertiary/aromatic N) is 4. The van der Waals surface area contributed by atoms with Gasteiger partial charge in [-0.1, -0.05) is 0 Å². The summed E-state index contributed by atoms with van der Waals surface area (Å²) in [6.07, 6.45) is 6.77. The van der Waals surface area contributed by atoms with Gasteiger partial charge in [-0.05, 0) is 31.2 Å². The van der Waals surface area contributed by atoms with Gasteiger partial charge in [-0.2, -0.15) is 16.9 Å². The van der Waals surface area contributed by atoms with E-state index in [0.29, 0.717) is 22.8 Å². The van der Waals surface area contributed by atoms with Crippen molar-refractivity contribution in [3.05, 3.63) is 36.0 Å². The molecule has 0 aliphatic heterocycles. The summed E-state index contributed by atoms with van der Waals surface area (Å²) in [5.41, 5.74) is 1.22. The monoisotopic (exact) mass is 316 g/mol. The fourth-order valence-electron chi connectivity index (χ4n) is 2.25. The molecule has 0 spiro atoms. The maximum Gasteiger partial charge on any atom is 0.172 e. The number of rotatable bonds is 7. The lowest BCUT2D eigenvalue weighted by Gasteiger charge is -2.09. The molecule has 0 unspecified atom stereocenters. The summed E-state index contributed by atoms with van der Waals surface area (Å²) in [7, 11) is 0. The topological polar surface area (TPSA) is 77.7 Å². The second kappa shape index (κ2) is 6.39. The van der Waals surface area contributed by atoms with Crippen LogP contribution in [0.2, 0.25) is 0 Å². The first-order valence-corrected chi connectivity index (χ1v) is 8.48. The molecule has 0 bridgehead atoms. The molecule has 0 atom stereocenters. The lowest BCUT2D eigenvalue weighted by molar-refractivity contribution is -0.119. The predicted octanol–water partition coefficient (Wildman–Crippen LogP) is 2.08. The van der Waals surface area contributed by atoms with Crippen molar-refractivity contribution in [2.75, 3.05) is 6.26 Å². The van der Waals surface area contributed by atoms with Crippen molar-refractivity contribution in [1.29, 1.82) is 0 Å². The summed E-state index contributed by atoms with van der Waals surface area (Å²) in [5.74, 6) is 1.25. The molecule has 6 nitrogen and oxygen atoms in total. The van der Waals surface area contributed by atoms with Crippen LogP contribution in [0.1, 0.15) is 35.3 Å². The molecule has 22 heavy (non-hydrogen) atoms. The molecule has 2 aromatic heterocycles. The minimum atomic E-state index is -0.140. The molecule has 3 rings (SSSR count). The van der Waals surface area contributed by atoms with Crippen LogP contribution in [0.15, 0.2) is 24.8 Å². The summed E-state index contributed by atoms with van der Waals surface area (Å²) >= 11 is 1.58. The highest BCUT2D eigenvalue weighted by Gasteiger charge is 2.31. The summed E-state index contributed by atoms with van der Waals surface area (Å²) in [6, 6.07) is 3.46. The van der Waals surface area contributed by atoms with Gasteiger partial charge in [0.1, 0.15) is 18.4 Å². The van der Waals surface area contributed by atoms with Gasteiger partial charge in [0.25, 0.3) is 0 Å². The molecule has 0 saturated heterocycles. The Morgan fingerprint density at radius 1 is 1.36 bits per heavy atom. The van der Waals surface area contributed by atoms with Crippen LogP contribution in [0, 0.1) is 5.92 Å². The predicted molar refractivity (Wildman–Crippen MR) is 83.1 cm³/mol. The number of ketones is 2. The average molecular weight is 316 g/mol. The maximum atomic E-state index is 12.4. The van der Waals surface area contributed by atoms with Crippen molar-refractivity contribution in [2.45, 2.75) is 25.0 Å². The van der Waals surface area contributed by atoms with E-state index in [1.54, 1.807) is 34.9 Å². The highest BCUT2D eigenvalue weighted by atomic mass is 32.2. The third-order valence-corrected chi connectivity index (χ3v) is 4.12. The zero-order chi connectivity index (χ0) is 15.5. The van der Waals surface area contributed by atoms with E-state index in [1.165, 1.54) is 6.33 Å². The Labute approximate surface area is 132 Å². The second-order valence-corrected chi connectivity index (χ2v) is 6.14. The Morgan fingerprint density at radius 3 is 2.82 bits per heavy atom. The molecule has 0 radical (unpaired) electrons. The van der Waals surface area contributed by atoms with Crippen LogP contribution in [0.25, 0.3) is 5.82 Å². The molecule has 1 fully saturated rings. The number of thioether (sulfide) groups is 1. The van der Waals surface area contributed by atoms with Crippen LogP contribution < -0.4 is 0 Å². The third-order valence-electron chi connectivity index (χ3n) is 3.56. The van der Waals surface area contributed by atoms with Crippen molar-refractivity contribution in [3.8, 4) is 5.82 Å². The normalized spacial score (nSPS) is 14.0. The highest BCUT2D eigenvalue weighted by molar-refractivity contribution is 7.97. The van der Waals surface area contributed by atoms with Crippen molar-refractivity contribution < 1.29 is 9.59 Å². The molecule has 1 aliphatic carbocycles. The first-order valence-electron chi connectivity index (χ1n) is 7.09. The number of hydrogen-bond donors (Lipinski definition) is 0. The molecule has 2 aromatic rings. The van der Waals surface area contributed by atoms with Crippen LogP contribution in [0.5, 0.6) is 0 Å². The highest BCUT2D eigenvalue weighted by Crippen LogP contribution is 2.31. The van der Waals surface area contributed by atoms with E-state index in [0.717, 1.165) is 12.8 Å². The molecular weight excluding hydrogens is 300 g/mol. The molecule has 2 heterocycles. The number of carbonyl (C=O) groups excluding carboxylic acids is 2. The zero-order valence-electron chi connectivity index (χ0n) is 12.2. The van der Waals surface area contributed by atoms with Crippen molar-refractivity contribution in [1.82, 2.24) is 19.7 Å². The van der Waals surface area contributed by atoms with Crippen LogP contribution in [-0.4, -0.2) is 37.6 Å². The molecule has 0 N–H and O–H groups in total. The van der Waals surface area contributed by atoms with Crippen molar-refractivity contribution >= 4 is 23.3 Å². The molecule has 0 aromatic carbocycles. The number of Topliss-reactive ketones (excluding diaryl/α,β-unsaturated/α-hetero) is 2. The Balaban J connectivity index is 1.85. The van der Waals surface area contributed by atoms with Gasteiger partial charge in [-0.25, -0.2) is 14.6 Å². The summed E-state index contributed by atoms with van der Waals surface area (Å²) in [5, 5.41) is 4.04. The van der Waals surface area contributed by atoms with Gasteiger partial charge in [0, 0.05) is 17.2 Å². The quantitative estimate of drug-likeness (QED) is 0.575. The fourth-order valence-corrected chi connectivity index (χ4v) is 2.74. The second-order valence-electron chi connectivity index (χ2n) is 5.28. The lowest BCUT2D eigenvalue weighted by Crippen LogP contribution is -2.13. The van der Waals surface area contributed by atoms with E-state index in [1.807, 2.05) is 6.26 Å². The van der Waals surface area contributed by atoms with E-state index >= 15 is 0 Å². The van der Waals surface area contributed by atoms with E-state index in [9.17, 15) is 9.59 Å². The van der Waals surface area contributed by atoms with Gasteiger partial charge >= 0.3 is 0 Å². The molecule has 1 saturated carbocycles. The Hall–Kier alpha value is -2.02. The summed E-state index contributed by atoms with van der Waals surface area (Å²) in [4.78, 5) is 32.6.